The minimum absolute atomic E-state index is 0.142. The van der Waals surface area contributed by atoms with Crippen LogP contribution in [0.3, 0.4) is 0 Å². The first-order valence-electron chi connectivity index (χ1n) is 14.0. The van der Waals surface area contributed by atoms with Crippen molar-refractivity contribution in [1.29, 1.82) is 0 Å². The molecule has 0 saturated carbocycles. The molecule has 0 aromatic rings. The Morgan fingerprint density at radius 2 is 1.31 bits per heavy atom. The summed E-state index contributed by atoms with van der Waals surface area (Å²) in [7, 11) is 3.35. The molecule has 214 valence electrons. The third kappa shape index (κ3) is 26.5. The highest BCUT2D eigenvalue weighted by Gasteiger charge is 2.27. The Hall–Kier alpha value is -0.530. The minimum atomic E-state index is -4.14. The lowest BCUT2D eigenvalue weighted by Crippen LogP contribution is -2.37. The Morgan fingerprint density at radius 3 is 1.81 bits per heavy atom. The van der Waals surface area contributed by atoms with Crippen molar-refractivity contribution in [3.8, 4) is 0 Å². The van der Waals surface area contributed by atoms with Gasteiger partial charge in [-0.25, -0.2) is 4.57 Å². The number of allylic oxidation sites excluding steroid dienone is 4. The maximum absolute atomic E-state index is 12.2. The molecule has 0 radical (unpaired) electrons. The maximum atomic E-state index is 12.2. The zero-order valence-corrected chi connectivity index (χ0v) is 24.9. The number of rotatable bonds is 26. The molecule has 0 aliphatic rings. The molecular weight excluding hydrogens is 477 g/mol. The molecule has 0 aliphatic heterocycles. The standard InChI is InChI=1S/C28H56NO6P/c1-6-7-8-9-10-11-12-13-14-15-16-17-18-19-20-21-22-24-33-27-28(26-32-5)35-36(30,31)34-25-23-29(2,3)4/h11-12,17-18,28H,6-10,13-16,19-27H2,1-5H3/p+1/t28-/m0/s1. The summed E-state index contributed by atoms with van der Waals surface area (Å²) in [5, 5.41) is 0. The number of hydrogen-bond acceptors (Lipinski definition) is 5. The van der Waals surface area contributed by atoms with Crippen LogP contribution in [0.5, 0.6) is 0 Å². The van der Waals surface area contributed by atoms with Crippen LogP contribution in [0, 0.1) is 0 Å². The van der Waals surface area contributed by atoms with Crippen molar-refractivity contribution in [3.05, 3.63) is 24.3 Å². The van der Waals surface area contributed by atoms with E-state index in [1.54, 1.807) is 0 Å². The molecule has 0 amide bonds. The average Bonchev–Trinajstić information content (AvgIpc) is 2.79. The molecule has 1 unspecified atom stereocenters. The highest BCUT2D eigenvalue weighted by Crippen LogP contribution is 2.44. The van der Waals surface area contributed by atoms with E-state index in [4.69, 9.17) is 18.5 Å². The number of quaternary nitrogens is 1. The van der Waals surface area contributed by atoms with Gasteiger partial charge in [-0.1, -0.05) is 56.9 Å². The number of likely N-dealkylation sites (N-methyl/N-ethyl adjacent to an activating group) is 1. The van der Waals surface area contributed by atoms with Gasteiger partial charge in [-0.15, -0.1) is 0 Å². The molecule has 8 heteroatoms. The van der Waals surface area contributed by atoms with E-state index < -0.39 is 13.9 Å². The molecule has 0 aromatic heterocycles. The summed E-state index contributed by atoms with van der Waals surface area (Å²) in [5.74, 6) is 0. The van der Waals surface area contributed by atoms with E-state index in [1.165, 1.54) is 64.9 Å². The van der Waals surface area contributed by atoms with Crippen molar-refractivity contribution < 1.29 is 32.5 Å². The van der Waals surface area contributed by atoms with Crippen LogP contribution in [0.2, 0.25) is 0 Å². The van der Waals surface area contributed by atoms with Crippen LogP contribution in [-0.2, 0) is 23.1 Å². The van der Waals surface area contributed by atoms with Crippen molar-refractivity contribution in [2.45, 2.75) is 96.5 Å². The fourth-order valence-electron chi connectivity index (χ4n) is 3.49. The van der Waals surface area contributed by atoms with E-state index in [2.05, 4.69) is 31.2 Å². The summed E-state index contributed by atoms with van der Waals surface area (Å²) >= 11 is 0. The summed E-state index contributed by atoms with van der Waals surface area (Å²) in [6, 6.07) is 0. The first-order chi connectivity index (χ1) is 17.2. The summed E-state index contributed by atoms with van der Waals surface area (Å²) in [6.07, 6.45) is 24.5. The number of nitrogens with zero attached hydrogens (tertiary/aromatic N) is 1. The molecule has 2 atom stereocenters. The van der Waals surface area contributed by atoms with Crippen LogP contribution in [0.25, 0.3) is 0 Å². The topological polar surface area (TPSA) is 74.2 Å². The number of ether oxygens (including phenoxy) is 2. The van der Waals surface area contributed by atoms with Crippen LogP contribution < -0.4 is 0 Å². The van der Waals surface area contributed by atoms with Gasteiger partial charge in [-0.3, -0.25) is 9.05 Å². The predicted octanol–water partition coefficient (Wildman–Crippen LogP) is 7.06. The van der Waals surface area contributed by atoms with Crippen LogP contribution in [0.15, 0.2) is 24.3 Å². The lowest BCUT2D eigenvalue weighted by atomic mass is 10.1. The zero-order chi connectivity index (χ0) is 27.0. The van der Waals surface area contributed by atoms with E-state index in [0.717, 1.165) is 25.7 Å². The highest BCUT2D eigenvalue weighted by atomic mass is 31.2. The quantitative estimate of drug-likeness (QED) is 0.0554. The Labute approximate surface area is 222 Å². The van der Waals surface area contributed by atoms with E-state index in [9.17, 15) is 9.46 Å². The summed E-state index contributed by atoms with van der Waals surface area (Å²) < 4.78 is 33.9. The molecule has 0 aromatic carbocycles. The lowest BCUT2D eigenvalue weighted by molar-refractivity contribution is -0.870. The molecule has 0 fully saturated rings. The largest absolute Gasteiger partial charge is 0.472 e. The molecular formula is C28H57NO6P+. The lowest BCUT2D eigenvalue weighted by Gasteiger charge is -2.25. The summed E-state index contributed by atoms with van der Waals surface area (Å²) in [6.45, 7) is 3.96. The van der Waals surface area contributed by atoms with Gasteiger partial charge in [-0.2, -0.15) is 0 Å². The monoisotopic (exact) mass is 534 g/mol. The number of methoxy groups -OCH3 is 1. The Morgan fingerprint density at radius 1 is 0.778 bits per heavy atom. The predicted molar refractivity (Wildman–Crippen MR) is 150 cm³/mol. The smallest absolute Gasteiger partial charge is 0.382 e. The van der Waals surface area contributed by atoms with E-state index >= 15 is 0 Å². The molecule has 1 N–H and O–H groups in total. The molecule has 0 saturated heterocycles. The van der Waals surface area contributed by atoms with Gasteiger partial charge in [0.2, 0.25) is 0 Å². The molecule has 7 nitrogen and oxygen atoms in total. The molecule has 0 rings (SSSR count). The number of phosphoric ester groups is 1. The number of hydrogen-bond donors (Lipinski definition) is 1. The van der Waals surface area contributed by atoms with E-state index in [1.807, 2.05) is 21.1 Å². The van der Waals surface area contributed by atoms with Crippen LogP contribution >= 0.6 is 7.82 Å². The fourth-order valence-corrected chi connectivity index (χ4v) is 4.36. The van der Waals surface area contributed by atoms with Crippen LogP contribution in [0.4, 0.5) is 0 Å². The molecule has 0 bridgehead atoms. The van der Waals surface area contributed by atoms with Gasteiger partial charge < -0.3 is 18.9 Å². The average molecular weight is 535 g/mol. The van der Waals surface area contributed by atoms with Crippen molar-refractivity contribution in [1.82, 2.24) is 0 Å². The van der Waals surface area contributed by atoms with E-state index in [0.29, 0.717) is 17.6 Å². The first kappa shape index (κ1) is 35.5. The molecule has 0 aliphatic carbocycles. The van der Waals surface area contributed by atoms with Gasteiger partial charge in [0.1, 0.15) is 19.3 Å². The van der Waals surface area contributed by atoms with E-state index in [-0.39, 0.29) is 19.8 Å². The normalized spacial score (nSPS) is 15.2. The van der Waals surface area contributed by atoms with Gasteiger partial charge in [0.15, 0.2) is 0 Å². The molecule has 36 heavy (non-hydrogen) atoms. The summed E-state index contributed by atoms with van der Waals surface area (Å²) in [5.41, 5.74) is 0. The highest BCUT2D eigenvalue weighted by molar-refractivity contribution is 7.47. The zero-order valence-electron chi connectivity index (χ0n) is 24.0. The first-order valence-corrected chi connectivity index (χ1v) is 15.5. The van der Waals surface area contributed by atoms with Gasteiger partial charge >= 0.3 is 7.82 Å². The number of unbranched alkanes of at least 4 members (excludes halogenated alkanes) is 10. The van der Waals surface area contributed by atoms with Crippen molar-refractivity contribution in [3.63, 3.8) is 0 Å². The van der Waals surface area contributed by atoms with Gasteiger partial charge in [-0.05, 0) is 57.8 Å². The van der Waals surface area contributed by atoms with Crippen molar-refractivity contribution in [2.75, 3.05) is 61.2 Å². The van der Waals surface area contributed by atoms with Gasteiger partial charge in [0.05, 0.1) is 34.4 Å². The van der Waals surface area contributed by atoms with Crippen molar-refractivity contribution >= 4 is 7.82 Å². The Bertz CT molecular complexity index is 591. The SMILES string of the molecule is CCCCCCC=CCCCCC=CCCCCCOC[C@H](COC)OP(=O)(O)OCC[N+](C)(C)C. The minimum Gasteiger partial charge on any atom is -0.382 e. The second-order valence-corrected chi connectivity index (χ2v) is 11.9. The maximum Gasteiger partial charge on any atom is 0.472 e. The molecule has 0 heterocycles. The fraction of sp³-hybridized carbons (Fsp3) is 0.857. The third-order valence-electron chi connectivity index (χ3n) is 5.66. The van der Waals surface area contributed by atoms with Crippen LogP contribution in [0.1, 0.15) is 90.4 Å². The summed E-state index contributed by atoms with van der Waals surface area (Å²) in [4.78, 5) is 9.95. The van der Waals surface area contributed by atoms with Crippen molar-refractivity contribution in [2.24, 2.45) is 0 Å². The van der Waals surface area contributed by atoms with Gasteiger partial charge in [0.25, 0.3) is 0 Å². The number of phosphoric acid groups is 1. The second kappa shape index (κ2) is 23.6. The van der Waals surface area contributed by atoms with Crippen LogP contribution in [-0.4, -0.2) is 76.7 Å². The Balaban J connectivity index is 3.71. The molecule has 0 spiro atoms. The third-order valence-corrected chi connectivity index (χ3v) is 6.74. The Kier molecular flexibility index (Phi) is 23.2. The van der Waals surface area contributed by atoms with Gasteiger partial charge in [0, 0.05) is 13.7 Å². The second-order valence-electron chi connectivity index (χ2n) is 10.5.